The maximum Gasteiger partial charge on any atom is 0.0192 e. The summed E-state index contributed by atoms with van der Waals surface area (Å²) in [5.74, 6) is 0. The maximum absolute atomic E-state index is 2.70. The van der Waals surface area contributed by atoms with Crippen molar-refractivity contribution in [3.05, 3.63) is 11.6 Å². The van der Waals surface area contributed by atoms with Crippen molar-refractivity contribution in [3.8, 4) is 0 Å². The Balaban J connectivity index is 4.38. The minimum atomic E-state index is 1.23. The van der Waals surface area contributed by atoms with Crippen molar-refractivity contribution >= 4 is 0 Å². The SMILES string of the molecule is CCCCC/C=C(\CCCC)CN(CCCC)CCCC. The molecule has 0 aliphatic rings. The molecule has 0 saturated carbocycles. The molecule has 0 N–H and O–H groups in total. The van der Waals surface area contributed by atoms with Gasteiger partial charge in [0.15, 0.2) is 0 Å². The topological polar surface area (TPSA) is 3.24 Å². The van der Waals surface area contributed by atoms with Crippen LogP contribution in [0.2, 0.25) is 0 Å². The van der Waals surface area contributed by atoms with E-state index < -0.39 is 0 Å². The van der Waals surface area contributed by atoms with E-state index in [1.807, 2.05) is 0 Å². The van der Waals surface area contributed by atoms with E-state index in [2.05, 4.69) is 38.7 Å². The Morgan fingerprint density at radius 2 is 1.29 bits per heavy atom. The van der Waals surface area contributed by atoms with Crippen LogP contribution in [-0.2, 0) is 0 Å². The zero-order valence-electron chi connectivity index (χ0n) is 15.4. The second-order valence-electron chi connectivity index (χ2n) is 6.44. The molecule has 0 amide bonds. The summed E-state index contributed by atoms with van der Waals surface area (Å²) in [6.45, 7) is 13.0. The summed E-state index contributed by atoms with van der Waals surface area (Å²) >= 11 is 0. The van der Waals surface area contributed by atoms with Gasteiger partial charge in [-0.25, -0.2) is 0 Å². The van der Waals surface area contributed by atoms with Crippen molar-refractivity contribution in [2.75, 3.05) is 19.6 Å². The van der Waals surface area contributed by atoms with Crippen LogP contribution in [0.1, 0.15) is 98.3 Å². The van der Waals surface area contributed by atoms with Crippen LogP contribution in [-0.4, -0.2) is 24.5 Å². The highest BCUT2D eigenvalue weighted by atomic mass is 15.1. The third-order valence-electron chi connectivity index (χ3n) is 4.17. The van der Waals surface area contributed by atoms with Gasteiger partial charge in [-0.1, -0.05) is 71.4 Å². The second kappa shape index (κ2) is 16.1. The third kappa shape index (κ3) is 13.1. The summed E-state index contributed by atoms with van der Waals surface area (Å²) in [5.41, 5.74) is 1.71. The van der Waals surface area contributed by atoms with Crippen LogP contribution in [0.3, 0.4) is 0 Å². The van der Waals surface area contributed by atoms with Crippen molar-refractivity contribution in [3.63, 3.8) is 0 Å². The molecule has 1 nitrogen and oxygen atoms in total. The van der Waals surface area contributed by atoms with Crippen LogP contribution in [0.25, 0.3) is 0 Å². The molecule has 21 heavy (non-hydrogen) atoms. The molecule has 0 saturated heterocycles. The fraction of sp³-hybridized carbons (Fsp3) is 0.900. The van der Waals surface area contributed by atoms with Gasteiger partial charge in [0.25, 0.3) is 0 Å². The van der Waals surface area contributed by atoms with Crippen LogP contribution >= 0.6 is 0 Å². The fourth-order valence-corrected chi connectivity index (χ4v) is 2.67. The first-order valence-corrected chi connectivity index (χ1v) is 9.68. The molecule has 0 bridgehead atoms. The lowest BCUT2D eigenvalue weighted by molar-refractivity contribution is 0.283. The molecule has 0 unspecified atom stereocenters. The normalized spacial score (nSPS) is 12.3. The molecular weight excluding hydrogens is 254 g/mol. The summed E-state index contributed by atoms with van der Waals surface area (Å²) < 4.78 is 0. The lowest BCUT2D eigenvalue weighted by Gasteiger charge is -2.24. The van der Waals surface area contributed by atoms with Gasteiger partial charge in [-0.05, 0) is 51.6 Å². The highest BCUT2D eigenvalue weighted by Crippen LogP contribution is 2.14. The Morgan fingerprint density at radius 1 is 0.714 bits per heavy atom. The van der Waals surface area contributed by atoms with Crippen LogP contribution in [0.5, 0.6) is 0 Å². The van der Waals surface area contributed by atoms with Crippen molar-refractivity contribution in [1.82, 2.24) is 4.90 Å². The van der Waals surface area contributed by atoms with Crippen molar-refractivity contribution in [2.45, 2.75) is 98.3 Å². The average molecular weight is 296 g/mol. The Labute approximate surface area is 135 Å². The number of unbranched alkanes of at least 4 members (excludes halogenated alkanes) is 6. The quantitative estimate of drug-likeness (QED) is 0.243. The van der Waals surface area contributed by atoms with E-state index >= 15 is 0 Å². The summed E-state index contributed by atoms with van der Waals surface area (Å²) in [6, 6.07) is 0. The molecule has 126 valence electrons. The van der Waals surface area contributed by atoms with Crippen LogP contribution in [0.15, 0.2) is 11.6 Å². The Hall–Kier alpha value is -0.300. The molecule has 0 atom stereocenters. The van der Waals surface area contributed by atoms with Gasteiger partial charge in [0.1, 0.15) is 0 Å². The van der Waals surface area contributed by atoms with Crippen molar-refractivity contribution in [2.24, 2.45) is 0 Å². The molecule has 0 aromatic rings. The predicted molar refractivity (Wildman–Crippen MR) is 98.0 cm³/mol. The molecule has 0 aliphatic heterocycles. The standard InChI is InChI=1S/C20H41N/c1-5-9-13-14-16-20(15-10-6-2)19-21(17-11-7-3)18-12-8-4/h16H,5-15,17-19H2,1-4H3/b20-16+. The summed E-state index contributed by atoms with van der Waals surface area (Å²) in [6.07, 6.45) is 17.3. The van der Waals surface area contributed by atoms with Gasteiger partial charge in [-0.2, -0.15) is 0 Å². The van der Waals surface area contributed by atoms with Crippen molar-refractivity contribution in [1.29, 1.82) is 0 Å². The van der Waals surface area contributed by atoms with E-state index in [0.717, 1.165) is 0 Å². The second-order valence-corrected chi connectivity index (χ2v) is 6.44. The summed E-state index contributed by atoms with van der Waals surface area (Å²) in [5, 5.41) is 0. The molecule has 0 aliphatic carbocycles. The Kier molecular flexibility index (Phi) is 15.8. The van der Waals surface area contributed by atoms with Gasteiger partial charge in [0, 0.05) is 6.54 Å². The molecular formula is C20H41N. The van der Waals surface area contributed by atoms with Gasteiger partial charge in [0.05, 0.1) is 0 Å². The van der Waals surface area contributed by atoms with E-state index in [1.165, 1.54) is 90.3 Å². The predicted octanol–water partition coefficient (Wildman–Crippen LogP) is 6.59. The van der Waals surface area contributed by atoms with E-state index in [1.54, 1.807) is 5.57 Å². The zero-order chi connectivity index (χ0) is 15.8. The van der Waals surface area contributed by atoms with Crippen LogP contribution < -0.4 is 0 Å². The van der Waals surface area contributed by atoms with Gasteiger partial charge in [-0.15, -0.1) is 0 Å². The van der Waals surface area contributed by atoms with Crippen molar-refractivity contribution < 1.29 is 0 Å². The van der Waals surface area contributed by atoms with E-state index in [-0.39, 0.29) is 0 Å². The summed E-state index contributed by atoms with van der Waals surface area (Å²) in [7, 11) is 0. The number of allylic oxidation sites excluding steroid dienone is 1. The molecule has 0 rings (SSSR count). The first-order chi connectivity index (χ1) is 10.3. The first kappa shape index (κ1) is 20.7. The third-order valence-corrected chi connectivity index (χ3v) is 4.17. The Bertz CT molecular complexity index is 224. The maximum atomic E-state index is 2.70. The van der Waals surface area contributed by atoms with Crippen LogP contribution in [0.4, 0.5) is 0 Å². The van der Waals surface area contributed by atoms with E-state index in [9.17, 15) is 0 Å². The molecule has 0 radical (unpaired) electrons. The zero-order valence-corrected chi connectivity index (χ0v) is 15.4. The van der Waals surface area contributed by atoms with E-state index in [0.29, 0.717) is 0 Å². The molecule has 0 heterocycles. The monoisotopic (exact) mass is 295 g/mol. The van der Waals surface area contributed by atoms with Gasteiger partial charge in [0.2, 0.25) is 0 Å². The first-order valence-electron chi connectivity index (χ1n) is 9.68. The van der Waals surface area contributed by atoms with Gasteiger partial charge >= 0.3 is 0 Å². The van der Waals surface area contributed by atoms with Gasteiger partial charge < -0.3 is 0 Å². The van der Waals surface area contributed by atoms with Gasteiger partial charge in [-0.3, -0.25) is 4.90 Å². The summed E-state index contributed by atoms with van der Waals surface area (Å²) in [4.78, 5) is 2.70. The minimum Gasteiger partial charge on any atom is -0.299 e. The molecule has 0 fully saturated rings. The lowest BCUT2D eigenvalue weighted by atomic mass is 10.0. The largest absolute Gasteiger partial charge is 0.299 e. The number of rotatable bonds is 15. The average Bonchev–Trinajstić information content (AvgIpc) is 2.51. The Morgan fingerprint density at radius 3 is 1.81 bits per heavy atom. The molecule has 1 heteroatoms. The minimum absolute atomic E-state index is 1.23. The lowest BCUT2D eigenvalue weighted by Crippen LogP contribution is -2.28. The van der Waals surface area contributed by atoms with E-state index in [4.69, 9.17) is 0 Å². The number of hydrogen-bond donors (Lipinski definition) is 0. The smallest absolute Gasteiger partial charge is 0.0192 e. The highest BCUT2D eigenvalue weighted by Gasteiger charge is 2.07. The fourth-order valence-electron chi connectivity index (χ4n) is 2.67. The molecule has 0 aromatic carbocycles. The number of nitrogens with zero attached hydrogens (tertiary/aromatic N) is 1. The number of hydrogen-bond acceptors (Lipinski definition) is 1. The highest BCUT2D eigenvalue weighted by molar-refractivity contribution is 5.04. The molecule has 0 spiro atoms. The van der Waals surface area contributed by atoms with Crippen LogP contribution in [0, 0.1) is 0 Å². The molecule has 0 aromatic heterocycles.